The lowest BCUT2D eigenvalue weighted by Gasteiger charge is -2.21. The topological polar surface area (TPSA) is 43.4 Å². The molecule has 1 aliphatic carbocycles. The van der Waals surface area contributed by atoms with E-state index in [1.807, 2.05) is 60.7 Å². The highest BCUT2D eigenvalue weighted by molar-refractivity contribution is 6.15. The molecule has 0 saturated carbocycles. The van der Waals surface area contributed by atoms with Crippen molar-refractivity contribution >= 4 is 17.2 Å². The van der Waals surface area contributed by atoms with Crippen LogP contribution >= 0.6 is 0 Å². The first kappa shape index (κ1) is 12.5. The predicted molar refractivity (Wildman–Crippen MR) is 76.6 cm³/mol. The Kier molecular flexibility index (Phi) is 3.03. The smallest absolute Gasteiger partial charge is 0.137 e. The van der Waals surface area contributed by atoms with Crippen LogP contribution < -0.4 is 5.11 Å². The Labute approximate surface area is 117 Å². The van der Waals surface area contributed by atoms with Crippen molar-refractivity contribution in [3.8, 4) is 0 Å². The summed E-state index contributed by atoms with van der Waals surface area (Å²) >= 11 is 0. The summed E-state index contributed by atoms with van der Waals surface area (Å²) in [4.78, 5) is 12.4. The molecule has 0 atom stereocenters. The minimum atomic E-state index is -1.16. The molecule has 0 aliphatic heterocycles. The van der Waals surface area contributed by atoms with Crippen molar-refractivity contribution in [1.82, 2.24) is 4.90 Å². The molecule has 0 heterocycles. The van der Waals surface area contributed by atoms with Gasteiger partial charge in [0.05, 0.1) is 6.04 Å². The lowest BCUT2D eigenvalue weighted by atomic mass is 10.1. The van der Waals surface area contributed by atoms with Crippen LogP contribution in [0.5, 0.6) is 0 Å². The lowest BCUT2D eigenvalue weighted by Crippen LogP contribution is -2.41. The van der Waals surface area contributed by atoms with Crippen LogP contribution in [0.3, 0.4) is 0 Å². The number of benzene rings is 2. The maximum Gasteiger partial charge on any atom is 0.137 e. The summed E-state index contributed by atoms with van der Waals surface area (Å²) in [5, 5.41) is 11.1. The monoisotopic (exact) mass is 264 g/mol. The summed E-state index contributed by atoms with van der Waals surface area (Å²) in [6, 6.07) is 19.5. The zero-order chi connectivity index (χ0) is 14.1. The second-order valence-electron chi connectivity index (χ2n) is 4.84. The zero-order valence-corrected chi connectivity index (χ0v) is 11.1. The molecule has 1 aliphatic rings. The van der Waals surface area contributed by atoms with Crippen molar-refractivity contribution in [3.05, 3.63) is 71.8 Å². The summed E-state index contributed by atoms with van der Waals surface area (Å²) in [6.07, 6.45) is -1.16. The summed E-state index contributed by atoms with van der Waals surface area (Å²) < 4.78 is 0. The summed E-state index contributed by atoms with van der Waals surface area (Å²) in [5.74, 6) is 0. The number of rotatable bonds is 3. The standard InChI is InChI=1S/C17H15NO2/c1-18(17(19)20)16-14(12-8-4-2-5-9-12)15(16)13-10-6-3-7-11-13/h2-11,16H,1H3,(H,19,20)/p-1. The zero-order valence-electron chi connectivity index (χ0n) is 11.1. The number of carbonyl (C=O) groups excluding carboxylic acids is 1. The van der Waals surface area contributed by atoms with E-state index in [1.165, 1.54) is 4.90 Å². The minimum Gasteiger partial charge on any atom is -0.530 e. The van der Waals surface area contributed by atoms with Crippen LogP contribution in [0.2, 0.25) is 0 Å². The Morgan fingerprint density at radius 1 is 0.900 bits per heavy atom. The van der Waals surface area contributed by atoms with Gasteiger partial charge in [-0.3, -0.25) is 0 Å². The van der Waals surface area contributed by atoms with Gasteiger partial charge in [0.2, 0.25) is 0 Å². The maximum atomic E-state index is 11.1. The second kappa shape index (κ2) is 4.85. The van der Waals surface area contributed by atoms with E-state index in [9.17, 15) is 9.90 Å². The van der Waals surface area contributed by atoms with E-state index < -0.39 is 6.09 Å². The van der Waals surface area contributed by atoms with E-state index in [0.717, 1.165) is 22.3 Å². The first-order valence-corrected chi connectivity index (χ1v) is 6.49. The molecule has 3 nitrogen and oxygen atoms in total. The number of hydrogen-bond donors (Lipinski definition) is 0. The van der Waals surface area contributed by atoms with E-state index in [1.54, 1.807) is 7.05 Å². The Bertz CT molecular complexity index is 612. The van der Waals surface area contributed by atoms with E-state index in [2.05, 4.69) is 0 Å². The van der Waals surface area contributed by atoms with Gasteiger partial charge < -0.3 is 14.8 Å². The molecule has 0 bridgehead atoms. The highest BCUT2D eigenvalue weighted by atomic mass is 16.4. The average Bonchev–Trinajstić information content (AvgIpc) is 3.23. The fourth-order valence-corrected chi connectivity index (χ4v) is 2.56. The molecular formula is C17H14NO2-. The molecule has 3 rings (SSSR count). The quantitative estimate of drug-likeness (QED) is 0.853. The Balaban J connectivity index is 2.02. The van der Waals surface area contributed by atoms with Crippen LogP contribution in [-0.4, -0.2) is 24.1 Å². The first-order chi connectivity index (χ1) is 9.70. The van der Waals surface area contributed by atoms with Crippen molar-refractivity contribution in [2.45, 2.75) is 6.04 Å². The van der Waals surface area contributed by atoms with Gasteiger partial charge in [-0.2, -0.15) is 0 Å². The third-order valence-electron chi connectivity index (χ3n) is 3.60. The molecule has 2 aromatic carbocycles. The molecule has 0 N–H and O–H groups in total. The number of amides is 1. The fraction of sp³-hybridized carbons (Fsp3) is 0.118. The molecule has 0 aromatic heterocycles. The third-order valence-corrected chi connectivity index (χ3v) is 3.60. The molecule has 0 spiro atoms. The van der Waals surface area contributed by atoms with E-state index in [-0.39, 0.29) is 6.04 Å². The van der Waals surface area contributed by atoms with Crippen LogP contribution in [-0.2, 0) is 0 Å². The van der Waals surface area contributed by atoms with Gasteiger partial charge >= 0.3 is 0 Å². The van der Waals surface area contributed by atoms with Gasteiger partial charge in [-0.25, -0.2) is 0 Å². The molecule has 1 amide bonds. The maximum absolute atomic E-state index is 11.1. The van der Waals surface area contributed by atoms with E-state index >= 15 is 0 Å². The van der Waals surface area contributed by atoms with Crippen molar-refractivity contribution in [2.75, 3.05) is 7.05 Å². The van der Waals surface area contributed by atoms with Crippen LogP contribution in [0.4, 0.5) is 4.79 Å². The third kappa shape index (κ3) is 2.07. The molecule has 20 heavy (non-hydrogen) atoms. The van der Waals surface area contributed by atoms with Crippen LogP contribution in [0, 0.1) is 0 Å². The van der Waals surface area contributed by atoms with Crippen LogP contribution in [0.15, 0.2) is 60.7 Å². The van der Waals surface area contributed by atoms with Gasteiger partial charge in [-0.05, 0) is 22.3 Å². The van der Waals surface area contributed by atoms with E-state index in [4.69, 9.17) is 0 Å². The SMILES string of the molecule is CN(C(=O)[O-])C1C(c2ccccc2)=C1c1ccccc1. The average molecular weight is 264 g/mol. The number of carboxylic acid groups (broad SMARTS) is 1. The molecule has 0 saturated heterocycles. The van der Waals surface area contributed by atoms with Crippen molar-refractivity contribution in [3.63, 3.8) is 0 Å². The van der Waals surface area contributed by atoms with Gasteiger partial charge in [0.1, 0.15) is 6.09 Å². The number of carbonyl (C=O) groups is 1. The second-order valence-corrected chi connectivity index (χ2v) is 4.84. The van der Waals surface area contributed by atoms with Crippen LogP contribution in [0.1, 0.15) is 11.1 Å². The first-order valence-electron chi connectivity index (χ1n) is 6.49. The lowest BCUT2D eigenvalue weighted by molar-refractivity contribution is -0.264. The van der Waals surface area contributed by atoms with Crippen molar-refractivity contribution in [1.29, 1.82) is 0 Å². The largest absolute Gasteiger partial charge is 0.530 e. The Morgan fingerprint density at radius 2 is 1.30 bits per heavy atom. The molecule has 2 aromatic rings. The van der Waals surface area contributed by atoms with E-state index in [0.29, 0.717) is 0 Å². The van der Waals surface area contributed by atoms with Gasteiger partial charge in [-0.15, -0.1) is 0 Å². The van der Waals surface area contributed by atoms with Crippen molar-refractivity contribution < 1.29 is 9.90 Å². The van der Waals surface area contributed by atoms with Crippen molar-refractivity contribution in [2.24, 2.45) is 0 Å². The number of hydrogen-bond acceptors (Lipinski definition) is 2. The predicted octanol–water partition coefficient (Wildman–Crippen LogP) is 2.25. The van der Waals surface area contributed by atoms with Gasteiger partial charge in [0, 0.05) is 7.05 Å². The Morgan fingerprint density at radius 3 is 1.65 bits per heavy atom. The van der Waals surface area contributed by atoms with Gasteiger partial charge in [0.15, 0.2) is 0 Å². The Hall–Kier alpha value is -2.55. The molecular weight excluding hydrogens is 250 g/mol. The van der Waals surface area contributed by atoms with Gasteiger partial charge in [-0.1, -0.05) is 60.7 Å². The molecule has 3 heteroatoms. The fourth-order valence-electron chi connectivity index (χ4n) is 2.56. The molecule has 0 radical (unpaired) electrons. The molecule has 0 unspecified atom stereocenters. The summed E-state index contributed by atoms with van der Waals surface area (Å²) in [6.45, 7) is 0. The number of likely N-dealkylation sites (N-methyl/N-ethyl adjacent to an activating group) is 1. The molecule has 100 valence electrons. The molecule has 0 fully saturated rings. The van der Waals surface area contributed by atoms with Crippen LogP contribution in [0.25, 0.3) is 11.1 Å². The summed E-state index contributed by atoms with van der Waals surface area (Å²) in [7, 11) is 1.55. The minimum absolute atomic E-state index is 0.204. The normalized spacial score (nSPS) is 14.2. The highest BCUT2D eigenvalue weighted by Gasteiger charge is 2.41. The number of nitrogens with zero attached hydrogens (tertiary/aromatic N) is 1. The van der Waals surface area contributed by atoms with Gasteiger partial charge in [0.25, 0.3) is 0 Å². The summed E-state index contributed by atoms with van der Waals surface area (Å²) in [5.41, 5.74) is 4.24. The highest BCUT2D eigenvalue weighted by Crippen LogP contribution is 2.49.